The van der Waals surface area contributed by atoms with Gasteiger partial charge in [-0.25, -0.2) is 0 Å². The Kier molecular flexibility index (Phi) is 4.79. The lowest BCUT2D eigenvalue weighted by molar-refractivity contribution is -0.384. The van der Waals surface area contributed by atoms with E-state index in [1.165, 1.54) is 6.42 Å². The molecule has 0 amide bonds. The molecule has 0 bridgehead atoms. The lowest BCUT2D eigenvalue weighted by Crippen LogP contribution is -2.22. The van der Waals surface area contributed by atoms with Gasteiger partial charge >= 0.3 is 0 Å². The first-order chi connectivity index (χ1) is 9.62. The largest absolute Gasteiger partial charge is 0.388 e. The summed E-state index contributed by atoms with van der Waals surface area (Å²) in [5.74, 6) is 0.618. The molecule has 1 heterocycles. The summed E-state index contributed by atoms with van der Waals surface area (Å²) >= 11 is 0. The van der Waals surface area contributed by atoms with Crippen molar-refractivity contribution in [1.29, 1.82) is 0 Å². The normalized spacial score (nSPS) is 19.0. The van der Waals surface area contributed by atoms with Gasteiger partial charge in [-0.05, 0) is 31.5 Å². The minimum absolute atomic E-state index is 0.112. The van der Waals surface area contributed by atoms with E-state index in [4.69, 9.17) is 0 Å². The number of anilines is 2. The number of rotatable bonds is 6. The Hall–Kier alpha value is -1.82. The zero-order chi connectivity index (χ0) is 14.5. The third-order valence-corrected chi connectivity index (χ3v) is 3.83. The topological polar surface area (TPSA) is 70.4 Å². The van der Waals surface area contributed by atoms with Gasteiger partial charge in [0.1, 0.15) is 0 Å². The van der Waals surface area contributed by atoms with Crippen LogP contribution in [0.3, 0.4) is 0 Å². The highest BCUT2D eigenvalue weighted by molar-refractivity contribution is 5.63. The monoisotopic (exact) mass is 278 g/mol. The second-order valence-corrected chi connectivity index (χ2v) is 5.20. The number of nitrogens with one attached hydrogen (secondary N) is 2. The van der Waals surface area contributed by atoms with Crippen molar-refractivity contribution in [2.75, 3.05) is 43.9 Å². The maximum atomic E-state index is 10.9. The van der Waals surface area contributed by atoms with E-state index in [9.17, 15) is 10.1 Å². The van der Waals surface area contributed by atoms with Crippen LogP contribution in [0.5, 0.6) is 0 Å². The van der Waals surface area contributed by atoms with E-state index in [2.05, 4.69) is 22.5 Å². The van der Waals surface area contributed by atoms with Crippen molar-refractivity contribution in [3.63, 3.8) is 0 Å². The predicted molar refractivity (Wildman–Crippen MR) is 81.4 cm³/mol. The molecular formula is C14H22N4O2. The molecule has 0 radical (unpaired) electrons. The molecule has 6 heteroatoms. The van der Waals surface area contributed by atoms with E-state index in [0.29, 0.717) is 5.92 Å². The minimum Gasteiger partial charge on any atom is -0.388 e. The third-order valence-electron chi connectivity index (χ3n) is 3.83. The van der Waals surface area contributed by atoms with Gasteiger partial charge in [-0.3, -0.25) is 10.1 Å². The second-order valence-electron chi connectivity index (χ2n) is 5.20. The molecule has 0 saturated carbocycles. The van der Waals surface area contributed by atoms with Crippen molar-refractivity contribution in [2.24, 2.45) is 5.92 Å². The van der Waals surface area contributed by atoms with Crippen molar-refractivity contribution in [2.45, 2.75) is 13.3 Å². The van der Waals surface area contributed by atoms with E-state index in [1.807, 2.05) is 6.07 Å². The van der Waals surface area contributed by atoms with Crippen LogP contribution < -0.4 is 10.6 Å². The van der Waals surface area contributed by atoms with Crippen LogP contribution in [0.1, 0.15) is 13.3 Å². The molecule has 2 N–H and O–H groups in total. The van der Waals surface area contributed by atoms with Gasteiger partial charge in [0.2, 0.25) is 0 Å². The average molecular weight is 278 g/mol. The molecule has 0 spiro atoms. The summed E-state index contributed by atoms with van der Waals surface area (Å²) < 4.78 is 0. The standard InChI is InChI=1S/C14H22N4O2/c1-3-17-5-4-11(10-17)9-16-13-6-12(15-2)7-14(8-13)18(19)20/h6-8,11,15-16H,3-5,9-10H2,1-2H3. The zero-order valence-corrected chi connectivity index (χ0v) is 12.1. The van der Waals surface area contributed by atoms with Gasteiger partial charge in [0.25, 0.3) is 5.69 Å². The molecule has 0 aromatic heterocycles. The number of nitro benzene ring substituents is 1. The number of nitro groups is 1. The summed E-state index contributed by atoms with van der Waals surface area (Å²) in [5, 5.41) is 17.2. The van der Waals surface area contributed by atoms with Crippen molar-refractivity contribution in [1.82, 2.24) is 4.90 Å². The van der Waals surface area contributed by atoms with E-state index in [0.717, 1.165) is 37.6 Å². The van der Waals surface area contributed by atoms with E-state index < -0.39 is 0 Å². The summed E-state index contributed by atoms with van der Waals surface area (Å²) in [6, 6.07) is 5.03. The maximum absolute atomic E-state index is 10.9. The van der Waals surface area contributed by atoms with Crippen LogP contribution in [0.25, 0.3) is 0 Å². The molecule has 1 aromatic carbocycles. The van der Waals surface area contributed by atoms with E-state index in [1.54, 1.807) is 19.2 Å². The molecule has 1 saturated heterocycles. The Morgan fingerprint density at radius 3 is 2.75 bits per heavy atom. The SMILES string of the molecule is CCN1CCC(CNc2cc(NC)cc([N+](=O)[O-])c2)C1. The molecule has 1 atom stereocenters. The van der Waals surface area contributed by atoms with Gasteiger partial charge < -0.3 is 15.5 Å². The number of likely N-dealkylation sites (tertiary alicyclic amines) is 1. The van der Waals surface area contributed by atoms with Crippen LogP contribution in [0.4, 0.5) is 17.1 Å². The van der Waals surface area contributed by atoms with Gasteiger partial charge in [-0.15, -0.1) is 0 Å². The quantitative estimate of drug-likeness (QED) is 0.617. The van der Waals surface area contributed by atoms with Crippen molar-refractivity contribution in [3.8, 4) is 0 Å². The first-order valence-corrected chi connectivity index (χ1v) is 7.05. The van der Waals surface area contributed by atoms with Gasteiger partial charge in [0.05, 0.1) is 4.92 Å². The summed E-state index contributed by atoms with van der Waals surface area (Å²) in [4.78, 5) is 13.0. The summed E-state index contributed by atoms with van der Waals surface area (Å²) in [5.41, 5.74) is 1.67. The molecule has 1 fully saturated rings. The first-order valence-electron chi connectivity index (χ1n) is 7.05. The molecule has 1 aliphatic rings. The number of hydrogen-bond acceptors (Lipinski definition) is 5. The summed E-state index contributed by atoms with van der Waals surface area (Å²) in [6.45, 7) is 6.39. The van der Waals surface area contributed by atoms with Crippen LogP contribution in [-0.4, -0.2) is 43.0 Å². The first kappa shape index (κ1) is 14.6. The molecule has 110 valence electrons. The van der Waals surface area contributed by atoms with Crippen molar-refractivity contribution < 1.29 is 4.92 Å². The molecular weight excluding hydrogens is 256 g/mol. The molecule has 0 aliphatic carbocycles. The molecule has 1 unspecified atom stereocenters. The van der Waals surface area contributed by atoms with Gasteiger partial charge in [0.15, 0.2) is 0 Å². The number of benzene rings is 1. The van der Waals surface area contributed by atoms with Crippen molar-refractivity contribution in [3.05, 3.63) is 28.3 Å². The molecule has 6 nitrogen and oxygen atoms in total. The number of hydrogen-bond donors (Lipinski definition) is 2. The highest BCUT2D eigenvalue weighted by atomic mass is 16.6. The Labute approximate surface area is 119 Å². The second kappa shape index (κ2) is 6.56. The van der Waals surface area contributed by atoms with E-state index >= 15 is 0 Å². The molecule has 2 rings (SSSR count). The maximum Gasteiger partial charge on any atom is 0.273 e. The Bertz CT molecular complexity index is 478. The predicted octanol–water partition coefficient (Wildman–Crippen LogP) is 2.39. The number of non-ortho nitro benzene ring substituents is 1. The lowest BCUT2D eigenvalue weighted by atomic mass is 10.1. The van der Waals surface area contributed by atoms with Crippen LogP contribution in [0.15, 0.2) is 18.2 Å². The molecule has 20 heavy (non-hydrogen) atoms. The highest BCUT2D eigenvalue weighted by Gasteiger charge is 2.21. The van der Waals surface area contributed by atoms with Crippen LogP contribution in [0.2, 0.25) is 0 Å². The minimum atomic E-state index is -0.361. The number of nitrogens with zero attached hydrogens (tertiary/aromatic N) is 2. The van der Waals surface area contributed by atoms with Crippen LogP contribution >= 0.6 is 0 Å². The van der Waals surface area contributed by atoms with Gasteiger partial charge in [-0.2, -0.15) is 0 Å². The van der Waals surface area contributed by atoms with Crippen LogP contribution in [0, 0.1) is 16.0 Å². The fourth-order valence-corrected chi connectivity index (χ4v) is 2.59. The summed E-state index contributed by atoms with van der Waals surface area (Å²) in [7, 11) is 1.76. The smallest absolute Gasteiger partial charge is 0.273 e. The highest BCUT2D eigenvalue weighted by Crippen LogP contribution is 2.25. The molecule has 1 aromatic rings. The average Bonchev–Trinajstić information content (AvgIpc) is 2.92. The Balaban J connectivity index is 1.98. The molecule has 1 aliphatic heterocycles. The van der Waals surface area contributed by atoms with Crippen molar-refractivity contribution >= 4 is 17.1 Å². The Morgan fingerprint density at radius 2 is 2.15 bits per heavy atom. The lowest BCUT2D eigenvalue weighted by Gasteiger charge is -2.15. The summed E-state index contributed by atoms with van der Waals surface area (Å²) in [6.07, 6.45) is 1.19. The third kappa shape index (κ3) is 3.60. The zero-order valence-electron chi connectivity index (χ0n) is 12.1. The fraction of sp³-hybridized carbons (Fsp3) is 0.571. The van der Waals surface area contributed by atoms with Gasteiger partial charge in [0, 0.05) is 43.6 Å². The Morgan fingerprint density at radius 1 is 1.40 bits per heavy atom. The van der Waals surface area contributed by atoms with E-state index in [-0.39, 0.29) is 10.6 Å². The van der Waals surface area contributed by atoms with Crippen LogP contribution in [-0.2, 0) is 0 Å². The fourth-order valence-electron chi connectivity index (χ4n) is 2.59. The van der Waals surface area contributed by atoms with Gasteiger partial charge in [-0.1, -0.05) is 6.92 Å².